The van der Waals surface area contributed by atoms with Crippen LogP contribution in [0.25, 0.3) is 0 Å². The Morgan fingerprint density at radius 2 is 1.71 bits per heavy atom. The first kappa shape index (κ1) is 16.5. The molecule has 0 N–H and O–H groups in total. The second-order valence-electron chi connectivity index (χ2n) is 7.52. The van der Waals surface area contributed by atoms with E-state index in [1.165, 1.54) is 69.8 Å². The van der Waals surface area contributed by atoms with E-state index >= 15 is 0 Å². The molecule has 24 heavy (non-hydrogen) atoms. The van der Waals surface area contributed by atoms with Gasteiger partial charge in [-0.3, -0.25) is 4.90 Å². The van der Waals surface area contributed by atoms with Gasteiger partial charge in [-0.25, -0.2) is 14.4 Å². The highest BCUT2D eigenvalue weighted by atomic mass is 19.1. The molecule has 4 heteroatoms. The van der Waals surface area contributed by atoms with E-state index in [-0.39, 0.29) is 5.82 Å². The summed E-state index contributed by atoms with van der Waals surface area (Å²) in [5, 5.41) is 5.14. The molecule has 1 radical (unpaired) electrons. The molecule has 1 aliphatic carbocycles. The molecule has 3 fully saturated rings. The minimum atomic E-state index is -0.143. The lowest BCUT2D eigenvalue weighted by atomic mass is 9.91. The van der Waals surface area contributed by atoms with Crippen LogP contribution >= 0.6 is 0 Å². The second kappa shape index (κ2) is 7.51. The molecule has 3 aliphatic rings. The van der Waals surface area contributed by atoms with Crippen molar-refractivity contribution < 1.29 is 4.39 Å². The number of hydrazine groups is 1. The summed E-state index contributed by atoms with van der Waals surface area (Å²) in [5.74, 6) is -0.143. The summed E-state index contributed by atoms with van der Waals surface area (Å²) in [5.41, 5.74) is 1.23. The third-order valence-electron chi connectivity index (χ3n) is 5.96. The SMILES string of the molecule is Fc1ccc(C[C]2CCCN2N2CCCN(C3CCC3)CC2)cc1. The fourth-order valence-corrected chi connectivity index (χ4v) is 4.36. The Balaban J connectivity index is 1.36. The van der Waals surface area contributed by atoms with Crippen molar-refractivity contribution in [2.75, 3.05) is 32.7 Å². The summed E-state index contributed by atoms with van der Waals surface area (Å²) in [6.07, 6.45) is 8.91. The Morgan fingerprint density at radius 3 is 2.46 bits per heavy atom. The molecule has 3 nitrogen and oxygen atoms in total. The van der Waals surface area contributed by atoms with E-state index in [0.29, 0.717) is 0 Å². The van der Waals surface area contributed by atoms with Gasteiger partial charge in [0, 0.05) is 32.2 Å². The molecular formula is C20H29FN3. The molecule has 1 saturated carbocycles. The molecule has 1 aromatic carbocycles. The van der Waals surface area contributed by atoms with Crippen LogP contribution in [-0.2, 0) is 6.42 Å². The summed E-state index contributed by atoms with van der Waals surface area (Å²) in [7, 11) is 0. The maximum Gasteiger partial charge on any atom is 0.123 e. The van der Waals surface area contributed by atoms with Crippen molar-refractivity contribution in [3.8, 4) is 0 Å². The minimum Gasteiger partial charge on any atom is -0.299 e. The van der Waals surface area contributed by atoms with Gasteiger partial charge in [0.05, 0.1) is 6.04 Å². The van der Waals surface area contributed by atoms with Crippen LogP contribution in [0.4, 0.5) is 4.39 Å². The zero-order chi connectivity index (χ0) is 16.4. The van der Waals surface area contributed by atoms with Gasteiger partial charge < -0.3 is 0 Å². The summed E-state index contributed by atoms with van der Waals surface area (Å²) >= 11 is 0. The molecule has 0 aromatic heterocycles. The highest BCUT2D eigenvalue weighted by Gasteiger charge is 2.33. The molecule has 0 spiro atoms. The smallest absolute Gasteiger partial charge is 0.123 e. The summed E-state index contributed by atoms with van der Waals surface area (Å²) in [4.78, 5) is 2.72. The van der Waals surface area contributed by atoms with Crippen molar-refractivity contribution in [1.29, 1.82) is 0 Å². The monoisotopic (exact) mass is 330 g/mol. The normalized spacial score (nSPS) is 25.7. The number of benzene rings is 1. The van der Waals surface area contributed by atoms with Gasteiger partial charge in [0.2, 0.25) is 0 Å². The van der Waals surface area contributed by atoms with E-state index in [4.69, 9.17) is 0 Å². The molecule has 0 bridgehead atoms. The molecule has 131 valence electrons. The Labute approximate surface area is 145 Å². The average molecular weight is 330 g/mol. The fourth-order valence-electron chi connectivity index (χ4n) is 4.36. The van der Waals surface area contributed by atoms with Crippen molar-refractivity contribution >= 4 is 0 Å². The van der Waals surface area contributed by atoms with Crippen LogP contribution in [0, 0.1) is 11.9 Å². The first-order valence-electron chi connectivity index (χ1n) is 9.65. The number of halogens is 1. The molecule has 2 aliphatic heterocycles. The Morgan fingerprint density at radius 1 is 0.875 bits per heavy atom. The molecule has 2 saturated heterocycles. The lowest BCUT2D eigenvalue weighted by molar-refractivity contribution is 0.000182. The largest absolute Gasteiger partial charge is 0.299 e. The third kappa shape index (κ3) is 3.66. The maximum atomic E-state index is 13.1. The van der Waals surface area contributed by atoms with Gasteiger partial charge in [-0.2, -0.15) is 0 Å². The molecule has 4 rings (SSSR count). The van der Waals surface area contributed by atoms with Gasteiger partial charge in [0.15, 0.2) is 0 Å². The predicted molar refractivity (Wildman–Crippen MR) is 94.7 cm³/mol. The number of rotatable bonds is 4. The van der Waals surface area contributed by atoms with E-state index in [2.05, 4.69) is 14.9 Å². The van der Waals surface area contributed by atoms with Gasteiger partial charge in [-0.05, 0) is 62.8 Å². The zero-order valence-electron chi connectivity index (χ0n) is 14.6. The van der Waals surface area contributed by atoms with Gasteiger partial charge in [-0.1, -0.05) is 18.6 Å². The highest BCUT2D eigenvalue weighted by Crippen LogP contribution is 2.31. The average Bonchev–Trinajstić information content (AvgIpc) is 2.86. The molecule has 0 amide bonds. The molecular weight excluding hydrogens is 301 g/mol. The quantitative estimate of drug-likeness (QED) is 0.837. The standard InChI is InChI=1S/C20H29FN3/c21-18-9-7-17(8-10-18)16-20-6-2-13-24(20)23-12-3-11-22(14-15-23)19-4-1-5-19/h7-10,19H,1-6,11-16H2. The topological polar surface area (TPSA) is 9.72 Å². The van der Waals surface area contributed by atoms with Crippen LogP contribution in [0.2, 0.25) is 0 Å². The minimum absolute atomic E-state index is 0.143. The fraction of sp³-hybridized carbons (Fsp3) is 0.650. The third-order valence-corrected chi connectivity index (χ3v) is 5.96. The number of hydrogen-bond acceptors (Lipinski definition) is 3. The van der Waals surface area contributed by atoms with Gasteiger partial charge in [0.1, 0.15) is 5.82 Å². The maximum absolute atomic E-state index is 13.1. The molecule has 0 atom stereocenters. The van der Waals surface area contributed by atoms with E-state index in [9.17, 15) is 4.39 Å². The van der Waals surface area contributed by atoms with Crippen molar-refractivity contribution in [2.24, 2.45) is 0 Å². The summed E-state index contributed by atoms with van der Waals surface area (Å²) < 4.78 is 13.1. The second-order valence-corrected chi connectivity index (χ2v) is 7.52. The Bertz CT molecular complexity index is 528. The van der Waals surface area contributed by atoms with Gasteiger partial charge in [-0.15, -0.1) is 0 Å². The van der Waals surface area contributed by atoms with Crippen molar-refractivity contribution in [2.45, 2.75) is 51.0 Å². The molecule has 2 heterocycles. The van der Waals surface area contributed by atoms with Crippen LogP contribution in [0.15, 0.2) is 24.3 Å². The predicted octanol–water partition coefficient (Wildman–Crippen LogP) is 3.47. The van der Waals surface area contributed by atoms with Gasteiger partial charge in [0.25, 0.3) is 0 Å². The first-order valence-corrected chi connectivity index (χ1v) is 9.65. The zero-order valence-corrected chi connectivity index (χ0v) is 14.6. The van der Waals surface area contributed by atoms with Crippen LogP contribution in [0.1, 0.15) is 44.1 Å². The van der Waals surface area contributed by atoms with Crippen molar-refractivity contribution in [3.63, 3.8) is 0 Å². The van der Waals surface area contributed by atoms with Crippen LogP contribution in [0.3, 0.4) is 0 Å². The molecule has 0 unspecified atom stereocenters. The van der Waals surface area contributed by atoms with Crippen molar-refractivity contribution in [3.05, 3.63) is 41.7 Å². The van der Waals surface area contributed by atoms with Gasteiger partial charge >= 0.3 is 0 Å². The van der Waals surface area contributed by atoms with E-state index < -0.39 is 0 Å². The van der Waals surface area contributed by atoms with Crippen LogP contribution in [0.5, 0.6) is 0 Å². The highest BCUT2D eigenvalue weighted by molar-refractivity contribution is 5.20. The van der Waals surface area contributed by atoms with Crippen LogP contribution in [-0.4, -0.2) is 53.7 Å². The first-order chi connectivity index (χ1) is 11.8. The van der Waals surface area contributed by atoms with E-state index in [0.717, 1.165) is 25.6 Å². The van der Waals surface area contributed by atoms with Crippen molar-refractivity contribution in [1.82, 2.24) is 14.9 Å². The van der Waals surface area contributed by atoms with E-state index in [1.54, 1.807) is 12.1 Å². The number of hydrogen-bond donors (Lipinski definition) is 0. The molecule has 1 aromatic rings. The van der Waals surface area contributed by atoms with Crippen LogP contribution < -0.4 is 0 Å². The van der Waals surface area contributed by atoms with E-state index in [1.807, 2.05) is 12.1 Å². The summed E-state index contributed by atoms with van der Waals surface area (Å²) in [6, 6.07) is 9.40. The summed E-state index contributed by atoms with van der Waals surface area (Å²) in [6.45, 7) is 5.97. The lowest BCUT2D eigenvalue weighted by Crippen LogP contribution is -2.46. The number of nitrogens with zero attached hydrogens (tertiary/aromatic N) is 3. The lowest BCUT2D eigenvalue weighted by Gasteiger charge is -2.38. The Kier molecular flexibility index (Phi) is 5.16. The Hall–Kier alpha value is -0.970.